The number of anilines is 1. The predicted octanol–water partition coefficient (Wildman–Crippen LogP) is 5.46. The highest BCUT2D eigenvalue weighted by molar-refractivity contribution is 6.34. The zero-order valence-electron chi connectivity index (χ0n) is 16.5. The van der Waals surface area contributed by atoms with E-state index in [4.69, 9.17) is 16.3 Å². The van der Waals surface area contributed by atoms with Crippen molar-refractivity contribution < 1.29 is 9.53 Å². The van der Waals surface area contributed by atoms with Crippen LogP contribution in [0, 0.1) is 0 Å². The number of pyridine rings is 1. The van der Waals surface area contributed by atoms with Crippen LogP contribution in [0.15, 0.2) is 79.3 Å². The second-order valence-corrected chi connectivity index (χ2v) is 7.32. The lowest BCUT2D eigenvalue weighted by molar-refractivity contribution is 0.103. The average molecular weight is 429 g/mol. The molecule has 0 saturated carbocycles. The summed E-state index contributed by atoms with van der Waals surface area (Å²) in [5.74, 6) is 0.462. The fourth-order valence-corrected chi connectivity index (χ4v) is 3.88. The molecule has 1 amide bonds. The van der Waals surface area contributed by atoms with Gasteiger partial charge in [0.25, 0.3) is 5.91 Å². The molecule has 0 spiro atoms. The van der Waals surface area contributed by atoms with Gasteiger partial charge in [0.15, 0.2) is 0 Å². The molecule has 31 heavy (non-hydrogen) atoms. The van der Waals surface area contributed by atoms with E-state index in [0.29, 0.717) is 33.0 Å². The van der Waals surface area contributed by atoms with E-state index >= 15 is 0 Å². The van der Waals surface area contributed by atoms with Crippen LogP contribution in [0.3, 0.4) is 0 Å². The van der Waals surface area contributed by atoms with Crippen LogP contribution >= 0.6 is 11.6 Å². The van der Waals surface area contributed by atoms with Crippen molar-refractivity contribution in [1.82, 2.24) is 14.4 Å². The van der Waals surface area contributed by atoms with E-state index in [1.165, 1.54) is 6.33 Å². The summed E-state index contributed by atoms with van der Waals surface area (Å²) in [7, 11) is 1.62. The third kappa shape index (κ3) is 3.27. The van der Waals surface area contributed by atoms with Crippen LogP contribution in [0.2, 0.25) is 5.02 Å². The third-order valence-corrected chi connectivity index (χ3v) is 5.46. The van der Waals surface area contributed by atoms with Crippen molar-refractivity contribution in [3.8, 4) is 17.0 Å². The van der Waals surface area contributed by atoms with Gasteiger partial charge in [-0.15, -0.1) is 0 Å². The van der Waals surface area contributed by atoms with E-state index < -0.39 is 0 Å². The summed E-state index contributed by atoms with van der Waals surface area (Å²) >= 11 is 6.27. The van der Waals surface area contributed by atoms with Gasteiger partial charge in [0.2, 0.25) is 0 Å². The molecule has 0 aliphatic rings. The number of nitrogens with zero attached hydrogens (tertiary/aromatic N) is 3. The Hall–Kier alpha value is -3.90. The molecule has 0 bridgehead atoms. The van der Waals surface area contributed by atoms with Gasteiger partial charge in [-0.05, 0) is 48.5 Å². The maximum absolute atomic E-state index is 13.5. The molecular weight excluding hydrogens is 412 g/mol. The largest absolute Gasteiger partial charge is 0.497 e. The smallest absolute Gasteiger partial charge is 0.258 e. The van der Waals surface area contributed by atoms with Gasteiger partial charge in [0.05, 0.1) is 40.0 Å². The second kappa shape index (κ2) is 7.74. The number of hydrogen-bond acceptors (Lipinski definition) is 4. The van der Waals surface area contributed by atoms with E-state index in [1.807, 2.05) is 65.2 Å². The molecule has 0 aliphatic heterocycles. The molecule has 2 aromatic carbocycles. The highest BCUT2D eigenvalue weighted by Gasteiger charge is 2.23. The van der Waals surface area contributed by atoms with E-state index in [-0.39, 0.29) is 5.91 Å². The minimum atomic E-state index is -0.281. The molecule has 0 aliphatic carbocycles. The molecule has 3 heterocycles. The number of carbonyl (C=O) groups is 1. The molecule has 5 aromatic rings. The number of para-hydroxylation sites is 1. The second-order valence-electron chi connectivity index (χ2n) is 6.91. The van der Waals surface area contributed by atoms with Gasteiger partial charge in [0.1, 0.15) is 17.7 Å². The maximum Gasteiger partial charge on any atom is 0.258 e. The normalized spacial score (nSPS) is 11.0. The quantitative estimate of drug-likeness (QED) is 0.412. The standard InChI is InChI=1S/C24H17ClN4O2/c1-31-16-11-9-15(10-12-16)22-21-20(24(30)28-18-7-3-2-6-17(18)25)19-8-4-5-13-29(19)23(21)27-14-26-22/h2-14H,1H3,(H,28,30). The third-order valence-electron chi connectivity index (χ3n) is 5.13. The predicted molar refractivity (Wildman–Crippen MR) is 122 cm³/mol. The first-order valence-corrected chi connectivity index (χ1v) is 9.99. The number of nitrogens with one attached hydrogen (secondary N) is 1. The lowest BCUT2D eigenvalue weighted by Crippen LogP contribution is -2.12. The van der Waals surface area contributed by atoms with E-state index in [0.717, 1.165) is 16.8 Å². The van der Waals surface area contributed by atoms with Gasteiger partial charge in [-0.3, -0.25) is 4.79 Å². The summed E-state index contributed by atoms with van der Waals surface area (Å²) in [5, 5.41) is 4.07. The van der Waals surface area contributed by atoms with E-state index in [1.54, 1.807) is 19.2 Å². The zero-order valence-corrected chi connectivity index (χ0v) is 17.3. The van der Waals surface area contributed by atoms with Crippen molar-refractivity contribution in [2.75, 3.05) is 12.4 Å². The van der Waals surface area contributed by atoms with E-state index in [9.17, 15) is 4.79 Å². The molecule has 3 aromatic heterocycles. The monoisotopic (exact) mass is 428 g/mol. The van der Waals surface area contributed by atoms with Gasteiger partial charge in [-0.1, -0.05) is 29.8 Å². The van der Waals surface area contributed by atoms with Crippen molar-refractivity contribution in [2.45, 2.75) is 0 Å². The summed E-state index contributed by atoms with van der Waals surface area (Å²) in [4.78, 5) is 22.5. The number of ether oxygens (including phenoxy) is 1. The number of aromatic nitrogens is 3. The van der Waals surface area contributed by atoms with Gasteiger partial charge in [-0.2, -0.15) is 0 Å². The lowest BCUT2D eigenvalue weighted by atomic mass is 10.0. The molecule has 0 saturated heterocycles. The van der Waals surface area contributed by atoms with Crippen LogP contribution in [0.1, 0.15) is 10.4 Å². The molecule has 6 nitrogen and oxygen atoms in total. The van der Waals surface area contributed by atoms with Crippen LogP contribution < -0.4 is 10.1 Å². The number of methoxy groups -OCH3 is 1. The first kappa shape index (κ1) is 19.1. The number of rotatable bonds is 4. The summed E-state index contributed by atoms with van der Waals surface area (Å²) in [6.45, 7) is 0. The molecule has 0 fully saturated rings. The van der Waals surface area contributed by atoms with E-state index in [2.05, 4.69) is 15.3 Å². The van der Waals surface area contributed by atoms with Crippen LogP contribution in [-0.4, -0.2) is 27.4 Å². The minimum absolute atomic E-state index is 0.281. The Labute approximate surface area is 183 Å². The summed E-state index contributed by atoms with van der Waals surface area (Å²) in [6.07, 6.45) is 3.39. The van der Waals surface area contributed by atoms with Crippen LogP contribution in [0.5, 0.6) is 5.75 Å². The topological polar surface area (TPSA) is 68.5 Å². The van der Waals surface area contributed by atoms with Crippen LogP contribution in [0.25, 0.3) is 27.8 Å². The molecule has 5 rings (SSSR count). The van der Waals surface area contributed by atoms with Crippen molar-refractivity contribution in [3.05, 3.63) is 89.8 Å². The Morgan fingerprint density at radius 3 is 2.55 bits per heavy atom. The number of amides is 1. The maximum atomic E-state index is 13.5. The highest BCUT2D eigenvalue weighted by Crippen LogP contribution is 2.34. The van der Waals surface area contributed by atoms with Gasteiger partial charge >= 0.3 is 0 Å². The fourth-order valence-electron chi connectivity index (χ4n) is 3.69. The first-order valence-electron chi connectivity index (χ1n) is 9.61. The van der Waals surface area contributed by atoms with Crippen LogP contribution in [-0.2, 0) is 0 Å². The zero-order chi connectivity index (χ0) is 21.4. The number of hydrogen-bond donors (Lipinski definition) is 1. The molecule has 0 radical (unpaired) electrons. The number of benzene rings is 2. The summed E-state index contributed by atoms with van der Waals surface area (Å²) in [5.41, 5.74) is 3.94. The molecule has 152 valence electrons. The van der Waals surface area contributed by atoms with Gasteiger partial charge < -0.3 is 14.5 Å². The Morgan fingerprint density at radius 1 is 1.00 bits per heavy atom. The number of halogens is 1. The van der Waals surface area contributed by atoms with Gasteiger partial charge in [-0.25, -0.2) is 9.97 Å². The number of carbonyl (C=O) groups excluding carboxylic acids is 1. The first-order chi connectivity index (χ1) is 15.2. The van der Waals surface area contributed by atoms with Crippen molar-refractivity contribution in [1.29, 1.82) is 0 Å². The van der Waals surface area contributed by atoms with Crippen LogP contribution in [0.4, 0.5) is 5.69 Å². The minimum Gasteiger partial charge on any atom is -0.497 e. The molecule has 0 atom stereocenters. The van der Waals surface area contributed by atoms with Crippen molar-refractivity contribution >= 4 is 39.7 Å². The SMILES string of the molecule is COc1ccc(-c2ncnc3c2c(C(=O)Nc2ccccc2Cl)c2ccccn23)cc1. The molecular formula is C24H17ClN4O2. The fraction of sp³-hybridized carbons (Fsp3) is 0.0417. The average Bonchev–Trinajstić information content (AvgIpc) is 3.15. The highest BCUT2D eigenvalue weighted by atomic mass is 35.5. The Morgan fingerprint density at radius 2 is 1.77 bits per heavy atom. The molecule has 7 heteroatoms. The van der Waals surface area contributed by atoms with Gasteiger partial charge in [0, 0.05) is 11.8 Å². The number of fused-ring (bicyclic) bond motifs is 3. The van der Waals surface area contributed by atoms with Crippen molar-refractivity contribution in [3.63, 3.8) is 0 Å². The summed E-state index contributed by atoms with van der Waals surface area (Å²) < 4.78 is 7.16. The Bertz CT molecular complexity index is 1430. The molecule has 1 N–H and O–H groups in total. The summed E-state index contributed by atoms with van der Waals surface area (Å²) in [6, 6.07) is 20.4. The Kier molecular flexibility index (Phi) is 4.76. The Balaban J connectivity index is 1.75. The lowest BCUT2D eigenvalue weighted by Gasteiger charge is -2.09. The van der Waals surface area contributed by atoms with Crippen molar-refractivity contribution in [2.24, 2.45) is 0 Å². The molecule has 0 unspecified atom stereocenters.